The van der Waals surface area contributed by atoms with Crippen molar-refractivity contribution in [2.45, 2.75) is 29.5 Å². The SMILES string of the molecule is ClC1C(Br)C(Br)C(Br)C(Br)C1Br. The Morgan fingerprint density at radius 2 is 0.833 bits per heavy atom. The first-order valence-electron chi connectivity index (χ1n) is 3.31. The number of alkyl halides is 6. The summed E-state index contributed by atoms with van der Waals surface area (Å²) in [6.45, 7) is 0. The Morgan fingerprint density at radius 1 is 0.583 bits per heavy atom. The van der Waals surface area contributed by atoms with Gasteiger partial charge in [-0.25, -0.2) is 0 Å². The fourth-order valence-corrected chi connectivity index (χ4v) is 6.65. The molecule has 6 heteroatoms. The normalized spacial score (nSPS) is 55.5. The molecule has 0 heterocycles. The topological polar surface area (TPSA) is 0 Å². The van der Waals surface area contributed by atoms with Gasteiger partial charge in [-0.1, -0.05) is 79.6 Å². The lowest BCUT2D eigenvalue weighted by molar-refractivity contribution is 0.600. The van der Waals surface area contributed by atoms with E-state index in [1.165, 1.54) is 0 Å². The summed E-state index contributed by atoms with van der Waals surface area (Å²) < 4.78 is 0. The van der Waals surface area contributed by atoms with Gasteiger partial charge >= 0.3 is 0 Å². The average molecular weight is 513 g/mol. The second-order valence-electron chi connectivity index (χ2n) is 2.67. The first-order valence-corrected chi connectivity index (χ1v) is 8.32. The van der Waals surface area contributed by atoms with E-state index in [9.17, 15) is 0 Å². The van der Waals surface area contributed by atoms with Crippen molar-refractivity contribution < 1.29 is 0 Å². The Bertz CT molecular complexity index is 107. The molecule has 0 spiro atoms. The van der Waals surface area contributed by atoms with Crippen LogP contribution < -0.4 is 0 Å². The number of rotatable bonds is 0. The van der Waals surface area contributed by atoms with E-state index >= 15 is 0 Å². The summed E-state index contributed by atoms with van der Waals surface area (Å²) in [6, 6.07) is 0. The lowest BCUT2D eigenvalue weighted by Crippen LogP contribution is -2.50. The van der Waals surface area contributed by atoms with Crippen LogP contribution in [0.15, 0.2) is 0 Å². The van der Waals surface area contributed by atoms with Gasteiger partial charge in [-0.2, -0.15) is 0 Å². The van der Waals surface area contributed by atoms with Crippen LogP contribution >= 0.6 is 91.3 Å². The van der Waals surface area contributed by atoms with Crippen molar-refractivity contribution in [3.8, 4) is 0 Å². The van der Waals surface area contributed by atoms with Gasteiger partial charge < -0.3 is 0 Å². The van der Waals surface area contributed by atoms with Crippen molar-refractivity contribution >= 4 is 91.3 Å². The summed E-state index contributed by atoms with van der Waals surface area (Å²) in [5.74, 6) is 0. The Balaban J connectivity index is 2.76. The number of hydrogen-bond donors (Lipinski definition) is 0. The maximum Gasteiger partial charge on any atom is 0.0608 e. The van der Waals surface area contributed by atoms with E-state index in [0.717, 1.165) is 0 Å². The van der Waals surface area contributed by atoms with Gasteiger partial charge in [0, 0.05) is 24.1 Å². The van der Waals surface area contributed by atoms with Gasteiger partial charge in [-0.05, 0) is 0 Å². The second-order valence-corrected chi connectivity index (χ2v) is 8.46. The molecule has 0 aromatic rings. The zero-order valence-corrected chi connectivity index (χ0v) is 14.4. The van der Waals surface area contributed by atoms with Crippen molar-refractivity contribution in [3.63, 3.8) is 0 Å². The summed E-state index contributed by atoms with van der Waals surface area (Å²) >= 11 is 24.1. The predicted molar refractivity (Wildman–Crippen MR) is 73.2 cm³/mol. The van der Waals surface area contributed by atoms with Crippen LogP contribution in [0.4, 0.5) is 0 Å². The van der Waals surface area contributed by atoms with Crippen molar-refractivity contribution in [2.75, 3.05) is 0 Å². The Kier molecular flexibility index (Phi) is 5.48. The summed E-state index contributed by atoms with van der Waals surface area (Å²) in [6.07, 6.45) is 0. The smallest absolute Gasteiger partial charge is 0.0608 e. The van der Waals surface area contributed by atoms with Gasteiger partial charge in [0.15, 0.2) is 0 Å². The Hall–Kier alpha value is 2.69. The van der Waals surface area contributed by atoms with Crippen LogP contribution in [0.1, 0.15) is 0 Å². The third-order valence-electron chi connectivity index (χ3n) is 1.83. The minimum Gasteiger partial charge on any atom is -0.120 e. The molecule has 4 atom stereocenters. The summed E-state index contributed by atoms with van der Waals surface area (Å²) in [7, 11) is 0. The van der Waals surface area contributed by atoms with Gasteiger partial charge in [0.25, 0.3) is 0 Å². The molecule has 12 heavy (non-hydrogen) atoms. The van der Waals surface area contributed by atoms with E-state index in [2.05, 4.69) is 79.6 Å². The van der Waals surface area contributed by atoms with E-state index in [1.54, 1.807) is 0 Å². The average Bonchev–Trinajstić information content (AvgIpc) is 2.08. The molecule has 0 radical (unpaired) electrons. The largest absolute Gasteiger partial charge is 0.120 e. The number of hydrogen-bond acceptors (Lipinski definition) is 0. The highest BCUT2D eigenvalue weighted by Gasteiger charge is 2.45. The van der Waals surface area contributed by atoms with Crippen LogP contribution in [0.25, 0.3) is 0 Å². The molecular formula is C6H6Br5Cl. The van der Waals surface area contributed by atoms with Crippen LogP contribution in [0.2, 0.25) is 0 Å². The highest BCUT2D eigenvalue weighted by Crippen LogP contribution is 2.43. The first kappa shape index (κ1) is 12.8. The van der Waals surface area contributed by atoms with E-state index in [1.807, 2.05) is 0 Å². The molecule has 0 N–H and O–H groups in total. The van der Waals surface area contributed by atoms with E-state index < -0.39 is 0 Å². The summed E-state index contributed by atoms with van der Waals surface area (Å²) in [5.41, 5.74) is 0. The molecule has 1 rings (SSSR count). The molecule has 1 aliphatic rings. The Morgan fingerprint density at radius 3 is 1.17 bits per heavy atom. The standard InChI is InChI=1S/C6H6Br5Cl/c7-1-2(8)4(10)6(12)5(11)3(1)9/h1-6H. The fourth-order valence-electron chi connectivity index (χ4n) is 1.05. The monoisotopic (exact) mass is 508 g/mol. The van der Waals surface area contributed by atoms with E-state index in [4.69, 9.17) is 11.6 Å². The van der Waals surface area contributed by atoms with Crippen molar-refractivity contribution in [1.82, 2.24) is 0 Å². The van der Waals surface area contributed by atoms with Gasteiger partial charge in [0.2, 0.25) is 0 Å². The molecule has 72 valence electrons. The van der Waals surface area contributed by atoms with Crippen molar-refractivity contribution in [3.05, 3.63) is 0 Å². The lowest BCUT2D eigenvalue weighted by atomic mass is 9.99. The molecule has 0 bridgehead atoms. The number of halogens is 6. The molecule has 1 aliphatic carbocycles. The fraction of sp³-hybridized carbons (Fsp3) is 1.00. The quantitative estimate of drug-likeness (QED) is 0.421. The zero-order chi connectivity index (χ0) is 9.46. The molecule has 0 nitrogen and oxygen atoms in total. The van der Waals surface area contributed by atoms with Gasteiger partial charge in [0.1, 0.15) is 0 Å². The Labute approximate surface area is 119 Å². The minimum absolute atomic E-state index is 0.0903. The third kappa shape index (κ3) is 2.43. The highest BCUT2D eigenvalue weighted by molar-refractivity contribution is 9.15. The van der Waals surface area contributed by atoms with Crippen LogP contribution in [0, 0.1) is 0 Å². The highest BCUT2D eigenvalue weighted by atomic mass is 79.9. The van der Waals surface area contributed by atoms with Gasteiger partial charge in [-0.15, -0.1) is 11.6 Å². The second kappa shape index (κ2) is 5.15. The van der Waals surface area contributed by atoms with Crippen LogP contribution in [0.5, 0.6) is 0 Å². The maximum atomic E-state index is 6.20. The first-order chi connectivity index (χ1) is 5.46. The third-order valence-corrected chi connectivity index (χ3v) is 11.5. The molecule has 1 fully saturated rings. The van der Waals surface area contributed by atoms with Gasteiger partial charge in [-0.3, -0.25) is 0 Å². The van der Waals surface area contributed by atoms with Gasteiger partial charge in [0.05, 0.1) is 5.38 Å². The molecule has 0 aromatic heterocycles. The lowest BCUT2D eigenvalue weighted by Gasteiger charge is -2.39. The predicted octanol–water partition coefficient (Wildman–Crippen LogP) is 4.42. The minimum atomic E-state index is 0.0903. The van der Waals surface area contributed by atoms with Crippen LogP contribution in [-0.4, -0.2) is 29.5 Å². The molecule has 0 aromatic carbocycles. The molecule has 1 saturated carbocycles. The summed E-state index contributed by atoms with van der Waals surface area (Å²) in [4.78, 5) is 1.63. The van der Waals surface area contributed by atoms with Crippen LogP contribution in [-0.2, 0) is 0 Å². The van der Waals surface area contributed by atoms with E-state index in [0.29, 0.717) is 14.5 Å². The molecule has 0 amide bonds. The van der Waals surface area contributed by atoms with Crippen molar-refractivity contribution in [1.29, 1.82) is 0 Å². The molecular weight excluding hydrogens is 507 g/mol. The molecule has 0 aliphatic heterocycles. The molecule has 4 unspecified atom stereocenters. The zero-order valence-electron chi connectivity index (χ0n) is 5.73. The van der Waals surface area contributed by atoms with E-state index in [-0.39, 0.29) is 15.0 Å². The van der Waals surface area contributed by atoms with Crippen molar-refractivity contribution in [2.24, 2.45) is 0 Å². The molecule has 0 saturated heterocycles. The van der Waals surface area contributed by atoms with Crippen LogP contribution in [0.3, 0.4) is 0 Å². The maximum absolute atomic E-state index is 6.20. The summed E-state index contributed by atoms with van der Waals surface area (Å²) in [5, 5.41) is 0.0903.